The van der Waals surface area contributed by atoms with Gasteiger partial charge in [-0.25, -0.2) is 0 Å². The largest absolute Gasteiger partial charge is 0.507 e. The van der Waals surface area contributed by atoms with Gasteiger partial charge in [-0.1, -0.05) is 0 Å². The van der Waals surface area contributed by atoms with Gasteiger partial charge in [0.25, 0.3) is 5.91 Å². The molecule has 1 aromatic carbocycles. The first-order valence-electron chi connectivity index (χ1n) is 6.44. The second-order valence-electron chi connectivity index (χ2n) is 5.16. The molecule has 5 heteroatoms. The number of benzene rings is 1. The quantitative estimate of drug-likeness (QED) is 0.766. The minimum atomic E-state index is -0.268. The molecule has 5 nitrogen and oxygen atoms in total. The van der Waals surface area contributed by atoms with Crippen molar-refractivity contribution in [2.24, 2.45) is 0 Å². The second kappa shape index (κ2) is 5.48. The summed E-state index contributed by atoms with van der Waals surface area (Å²) in [5.74, 6) is 0.190. The predicted molar refractivity (Wildman–Crippen MR) is 72.6 cm³/mol. The molecule has 0 radical (unpaired) electrons. The fraction of sp³-hybridized carbons (Fsp3) is 0.500. The number of ether oxygens (including phenoxy) is 1. The van der Waals surface area contributed by atoms with Crippen LogP contribution in [0.25, 0.3) is 0 Å². The SMILES string of the molecule is COc1ccc(C(=O)NCC2(C)CCCN2)c(O)c1. The molecule has 1 aliphatic heterocycles. The van der Waals surface area contributed by atoms with Gasteiger partial charge in [0, 0.05) is 18.2 Å². The average molecular weight is 264 g/mol. The molecule has 1 aromatic rings. The van der Waals surface area contributed by atoms with E-state index in [9.17, 15) is 9.90 Å². The van der Waals surface area contributed by atoms with Gasteiger partial charge in [0.2, 0.25) is 0 Å². The summed E-state index contributed by atoms with van der Waals surface area (Å²) in [5, 5.41) is 16.0. The van der Waals surface area contributed by atoms with Crippen molar-refractivity contribution in [3.05, 3.63) is 23.8 Å². The normalized spacial score (nSPS) is 22.2. The lowest BCUT2D eigenvalue weighted by atomic mass is 10.0. The Morgan fingerprint density at radius 3 is 2.95 bits per heavy atom. The zero-order valence-electron chi connectivity index (χ0n) is 11.3. The third-order valence-electron chi connectivity index (χ3n) is 3.55. The molecule has 1 saturated heterocycles. The molecule has 0 aromatic heterocycles. The van der Waals surface area contributed by atoms with Crippen LogP contribution in [0.2, 0.25) is 0 Å². The van der Waals surface area contributed by atoms with Gasteiger partial charge in [0.1, 0.15) is 11.5 Å². The van der Waals surface area contributed by atoms with Crippen molar-refractivity contribution in [2.45, 2.75) is 25.3 Å². The van der Waals surface area contributed by atoms with Crippen LogP contribution in [0.3, 0.4) is 0 Å². The third kappa shape index (κ3) is 3.17. The monoisotopic (exact) mass is 264 g/mol. The Morgan fingerprint density at radius 2 is 2.37 bits per heavy atom. The molecule has 104 valence electrons. The third-order valence-corrected chi connectivity index (χ3v) is 3.55. The zero-order chi connectivity index (χ0) is 13.9. The van der Waals surface area contributed by atoms with Crippen LogP contribution >= 0.6 is 0 Å². The summed E-state index contributed by atoms with van der Waals surface area (Å²) >= 11 is 0. The molecule has 3 N–H and O–H groups in total. The molecule has 1 aliphatic rings. The van der Waals surface area contributed by atoms with Crippen LogP contribution in [-0.4, -0.2) is 36.8 Å². The summed E-state index contributed by atoms with van der Waals surface area (Å²) in [6, 6.07) is 4.66. The number of aromatic hydroxyl groups is 1. The molecule has 1 unspecified atom stereocenters. The molecule has 0 saturated carbocycles. The van der Waals surface area contributed by atoms with Crippen LogP contribution in [0, 0.1) is 0 Å². The maximum Gasteiger partial charge on any atom is 0.255 e. The molecule has 1 amide bonds. The highest BCUT2D eigenvalue weighted by molar-refractivity contribution is 5.97. The van der Waals surface area contributed by atoms with Gasteiger partial charge in [-0.05, 0) is 38.4 Å². The van der Waals surface area contributed by atoms with Crippen molar-refractivity contribution in [2.75, 3.05) is 20.2 Å². The van der Waals surface area contributed by atoms with Crippen LogP contribution in [0.4, 0.5) is 0 Å². The van der Waals surface area contributed by atoms with Gasteiger partial charge in [-0.2, -0.15) is 0 Å². The van der Waals surface area contributed by atoms with Crippen molar-refractivity contribution in [3.8, 4) is 11.5 Å². The number of hydrogen-bond acceptors (Lipinski definition) is 4. The van der Waals surface area contributed by atoms with E-state index in [1.807, 2.05) is 0 Å². The van der Waals surface area contributed by atoms with E-state index in [2.05, 4.69) is 17.6 Å². The van der Waals surface area contributed by atoms with Crippen molar-refractivity contribution in [1.82, 2.24) is 10.6 Å². The van der Waals surface area contributed by atoms with Crippen LogP contribution in [0.1, 0.15) is 30.1 Å². The van der Waals surface area contributed by atoms with E-state index in [4.69, 9.17) is 4.74 Å². The molecule has 0 bridgehead atoms. The molecule has 19 heavy (non-hydrogen) atoms. The highest BCUT2D eigenvalue weighted by atomic mass is 16.5. The van der Waals surface area contributed by atoms with Gasteiger partial charge < -0.3 is 20.5 Å². The van der Waals surface area contributed by atoms with E-state index in [1.165, 1.54) is 13.2 Å². The van der Waals surface area contributed by atoms with E-state index < -0.39 is 0 Å². The first-order chi connectivity index (χ1) is 9.04. The number of phenolic OH excluding ortho intramolecular Hbond substituents is 1. The minimum Gasteiger partial charge on any atom is -0.507 e. The van der Waals surface area contributed by atoms with E-state index in [-0.39, 0.29) is 22.8 Å². The van der Waals surface area contributed by atoms with Crippen molar-refractivity contribution in [3.63, 3.8) is 0 Å². The Labute approximate surface area is 113 Å². The number of amides is 1. The van der Waals surface area contributed by atoms with Gasteiger partial charge in [-0.3, -0.25) is 4.79 Å². The summed E-state index contributed by atoms with van der Waals surface area (Å²) in [6.07, 6.45) is 2.17. The Hall–Kier alpha value is -1.75. The van der Waals surface area contributed by atoms with Crippen LogP contribution in [0.5, 0.6) is 11.5 Å². The number of hydrogen-bond donors (Lipinski definition) is 3. The van der Waals surface area contributed by atoms with Crippen LogP contribution in [0.15, 0.2) is 18.2 Å². The number of carbonyl (C=O) groups is 1. The Balaban J connectivity index is 2.00. The summed E-state index contributed by atoms with van der Waals surface area (Å²) in [7, 11) is 1.52. The number of carbonyl (C=O) groups excluding carboxylic acids is 1. The average Bonchev–Trinajstić information content (AvgIpc) is 2.83. The molecular formula is C14H20N2O3. The molecule has 1 heterocycles. The molecular weight excluding hydrogens is 244 g/mol. The van der Waals surface area contributed by atoms with E-state index >= 15 is 0 Å². The maximum atomic E-state index is 12.0. The number of methoxy groups -OCH3 is 1. The first-order valence-corrected chi connectivity index (χ1v) is 6.44. The standard InChI is InChI=1S/C14H20N2O3/c1-14(6-3-7-16-14)9-15-13(18)11-5-4-10(19-2)8-12(11)17/h4-5,8,16-17H,3,6-7,9H2,1-2H3,(H,15,18). The van der Waals surface area contributed by atoms with Crippen molar-refractivity contribution < 1.29 is 14.6 Å². The molecule has 1 fully saturated rings. The summed E-state index contributed by atoms with van der Waals surface area (Å²) in [6.45, 7) is 3.63. The number of nitrogens with one attached hydrogen (secondary N) is 2. The maximum absolute atomic E-state index is 12.0. The van der Waals surface area contributed by atoms with E-state index in [1.54, 1.807) is 12.1 Å². The van der Waals surface area contributed by atoms with Gasteiger partial charge in [0.05, 0.1) is 12.7 Å². The van der Waals surface area contributed by atoms with E-state index in [0.717, 1.165) is 19.4 Å². The van der Waals surface area contributed by atoms with Gasteiger partial charge in [-0.15, -0.1) is 0 Å². The smallest absolute Gasteiger partial charge is 0.255 e. The summed E-state index contributed by atoms with van der Waals surface area (Å²) in [4.78, 5) is 12.0. The van der Waals surface area contributed by atoms with E-state index in [0.29, 0.717) is 12.3 Å². The number of rotatable bonds is 4. The van der Waals surface area contributed by atoms with Crippen LogP contribution < -0.4 is 15.4 Å². The van der Waals surface area contributed by atoms with Gasteiger partial charge >= 0.3 is 0 Å². The predicted octanol–water partition coefficient (Wildman–Crippen LogP) is 1.27. The number of phenols is 1. The Bertz CT molecular complexity index is 468. The highest BCUT2D eigenvalue weighted by Crippen LogP contribution is 2.23. The zero-order valence-corrected chi connectivity index (χ0v) is 11.3. The fourth-order valence-electron chi connectivity index (χ4n) is 2.31. The second-order valence-corrected chi connectivity index (χ2v) is 5.16. The molecule has 1 atom stereocenters. The molecule has 2 rings (SSSR count). The lowest BCUT2D eigenvalue weighted by molar-refractivity contribution is 0.0940. The Kier molecular flexibility index (Phi) is 3.95. The minimum absolute atomic E-state index is 0.0439. The topological polar surface area (TPSA) is 70.6 Å². The lowest BCUT2D eigenvalue weighted by Gasteiger charge is -2.24. The lowest BCUT2D eigenvalue weighted by Crippen LogP contribution is -2.47. The first kappa shape index (κ1) is 13.7. The molecule has 0 spiro atoms. The van der Waals surface area contributed by atoms with Crippen molar-refractivity contribution in [1.29, 1.82) is 0 Å². The Morgan fingerprint density at radius 1 is 1.58 bits per heavy atom. The molecule has 0 aliphatic carbocycles. The highest BCUT2D eigenvalue weighted by Gasteiger charge is 2.28. The summed E-state index contributed by atoms with van der Waals surface area (Å²) in [5.41, 5.74) is 0.222. The van der Waals surface area contributed by atoms with Gasteiger partial charge in [0.15, 0.2) is 0 Å². The van der Waals surface area contributed by atoms with Crippen LogP contribution in [-0.2, 0) is 0 Å². The summed E-state index contributed by atoms with van der Waals surface area (Å²) < 4.78 is 4.99. The fourth-order valence-corrected chi connectivity index (χ4v) is 2.31. The van der Waals surface area contributed by atoms with Crippen molar-refractivity contribution >= 4 is 5.91 Å².